The van der Waals surface area contributed by atoms with E-state index >= 15 is 0 Å². The van der Waals surface area contributed by atoms with Gasteiger partial charge in [0.15, 0.2) is 17.7 Å². The van der Waals surface area contributed by atoms with Crippen LogP contribution in [0.4, 0.5) is 4.79 Å². The average Bonchev–Trinajstić information content (AvgIpc) is 3.78. The molecule has 0 aromatic carbocycles. The highest BCUT2D eigenvalue weighted by Crippen LogP contribution is 2.43. The number of aliphatic hydroxyl groups excluding tert-OH is 1. The van der Waals surface area contributed by atoms with Crippen molar-refractivity contribution >= 4 is 23.6 Å². The molecule has 0 radical (unpaired) electrons. The molecule has 0 aliphatic carbocycles. The number of fused-ring (bicyclic) bond motifs is 1. The number of Topliss-reactive ketones (excluding diaryl/α,β-unsaturated/α-hetero) is 2. The van der Waals surface area contributed by atoms with Gasteiger partial charge < -0.3 is 43.2 Å². The van der Waals surface area contributed by atoms with Crippen LogP contribution in [0.3, 0.4) is 0 Å². The number of aromatic nitrogens is 3. The van der Waals surface area contributed by atoms with Crippen molar-refractivity contribution in [1.29, 1.82) is 0 Å². The molecule has 58 heavy (non-hydrogen) atoms. The zero-order valence-electron chi connectivity index (χ0n) is 36.1. The number of hydrogen-bond acceptors (Lipinski definition) is 13. The third-order valence-electron chi connectivity index (χ3n) is 12.8. The SMILES string of the molecule is CC[C@H]1OC(=O)[C@H](C)C(=O)[C@H](C)[C@@H](O[C@@H]2O[C@H](C)C[C@H](N(C)C)[C@@H]2O)[C@](C)(OC)C[C@@H](C)C(=O)[C@H](C)[C@@H]2N(CCCCn3cnc(-c4cccnc4)c3)C(=O)O[C@@]21C. The van der Waals surface area contributed by atoms with Gasteiger partial charge in [0.2, 0.25) is 0 Å². The van der Waals surface area contributed by atoms with Crippen molar-refractivity contribution in [2.75, 3.05) is 27.7 Å². The van der Waals surface area contributed by atoms with Crippen LogP contribution in [0.15, 0.2) is 37.1 Å². The van der Waals surface area contributed by atoms with Crippen molar-refractivity contribution in [2.24, 2.45) is 23.7 Å². The Bertz CT molecular complexity index is 1740. The van der Waals surface area contributed by atoms with Crippen LogP contribution in [0.2, 0.25) is 0 Å². The number of pyridine rings is 1. The number of cyclic esters (lactones) is 1. The Hall–Kier alpha value is -3.76. The van der Waals surface area contributed by atoms with E-state index in [9.17, 15) is 24.3 Å². The lowest BCUT2D eigenvalue weighted by Crippen LogP contribution is -2.60. The number of carbonyl (C=O) groups is 4. The number of imidazole rings is 1. The predicted octanol–water partition coefficient (Wildman–Crippen LogP) is 4.93. The van der Waals surface area contributed by atoms with E-state index in [1.165, 1.54) is 14.0 Å². The van der Waals surface area contributed by atoms with E-state index in [0.29, 0.717) is 32.4 Å². The Morgan fingerprint density at radius 2 is 1.72 bits per heavy atom. The number of esters is 1. The number of methoxy groups -OCH3 is 1. The van der Waals surface area contributed by atoms with Crippen LogP contribution in [0.25, 0.3) is 11.3 Å². The molecule has 3 fully saturated rings. The Balaban J connectivity index is 1.43. The standard InChI is InChI=1S/C43H65N5O10/c1-12-33-43(8)37(48(41(53)58-43)19-14-13-18-47-23-31(45-24-47)30-16-15-17-44-22-30)27(4)34(49)25(2)21-42(7,54-11)38(28(5)35(50)29(6)39(52)56-33)57-40-36(51)32(46(9)10)20-26(3)55-40/h15-17,22-29,32-33,36-38,40,51H,12-14,18-21H2,1-11H3/t25-,26-,27+,28+,29-,32+,33-,36+,37+,38-,40+,42-,43-/m1/s1. The molecule has 2 aromatic heterocycles. The molecule has 0 saturated carbocycles. The number of ether oxygens (including phenoxy) is 5. The van der Waals surface area contributed by atoms with Gasteiger partial charge in [-0.25, -0.2) is 9.78 Å². The monoisotopic (exact) mass is 811 g/mol. The number of carbonyl (C=O) groups excluding carboxylic acids is 4. The first-order valence-corrected chi connectivity index (χ1v) is 20.8. The van der Waals surface area contributed by atoms with Crippen LogP contribution in [0.1, 0.15) is 87.5 Å². The molecule has 2 aromatic rings. The van der Waals surface area contributed by atoms with Crippen molar-refractivity contribution in [1.82, 2.24) is 24.3 Å². The third-order valence-corrected chi connectivity index (χ3v) is 12.8. The van der Waals surface area contributed by atoms with Crippen molar-refractivity contribution in [3.05, 3.63) is 37.1 Å². The zero-order valence-corrected chi connectivity index (χ0v) is 36.1. The number of aliphatic hydroxyl groups is 1. The summed E-state index contributed by atoms with van der Waals surface area (Å²) in [6.45, 7) is 14.9. The maximum Gasteiger partial charge on any atom is 0.410 e. The second kappa shape index (κ2) is 18.7. The maximum absolute atomic E-state index is 14.7. The Kier molecular flexibility index (Phi) is 14.6. The number of unbranched alkanes of at least 4 members (excludes halogenated alkanes) is 1. The minimum Gasteiger partial charge on any atom is -0.458 e. The van der Waals surface area contributed by atoms with Gasteiger partial charge in [-0.15, -0.1) is 0 Å². The van der Waals surface area contributed by atoms with E-state index in [-0.39, 0.29) is 30.8 Å². The van der Waals surface area contributed by atoms with E-state index in [2.05, 4.69) is 9.97 Å². The molecule has 15 heteroatoms. The van der Waals surface area contributed by atoms with Gasteiger partial charge in [0.25, 0.3) is 0 Å². The van der Waals surface area contributed by atoms with Crippen LogP contribution < -0.4 is 0 Å². The Morgan fingerprint density at radius 1 is 1.02 bits per heavy atom. The number of likely N-dealkylation sites (N-methyl/N-ethyl adjacent to an activating group) is 1. The van der Waals surface area contributed by atoms with E-state index in [1.54, 1.807) is 51.3 Å². The van der Waals surface area contributed by atoms with Gasteiger partial charge in [0.05, 0.1) is 35.9 Å². The molecular formula is C43H65N5O10. The summed E-state index contributed by atoms with van der Waals surface area (Å²) in [7, 11) is 5.24. The second-order valence-corrected chi connectivity index (χ2v) is 17.3. The number of ketones is 2. The summed E-state index contributed by atoms with van der Waals surface area (Å²) >= 11 is 0. The predicted molar refractivity (Wildman–Crippen MR) is 214 cm³/mol. The fourth-order valence-electron chi connectivity index (χ4n) is 9.43. The molecule has 13 atom stereocenters. The second-order valence-electron chi connectivity index (χ2n) is 17.3. The molecule has 3 aliphatic rings. The van der Waals surface area contributed by atoms with Crippen LogP contribution in [-0.4, -0.2) is 135 Å². The van der Waals surface area contributed by atoms with E-state index < -0.39 is 83.4 Å². The number of nitrogens with zero attached hydrogens (tertiary/aromatic N) is 5. The van der Waals surface area contributed by atoms with Crippen LogP contribution in [0.5, 0.6) is 0 Å². The normalized spacial score (nSPS) is 36.7. The molecule has 322 valence electrons. The van der Waals surface area contributed by atoms with Gasteiger partial charge >= 0.3 is 12.1 Å². The summed E-state index contributed by atoms with van der Waals surface area (Å²) in [5, 5.41) is 11.4. The molecular weight excluding hydrogens is 746 g/mol. The highest BCUT2D eigenvalue weighted by Gasteiger charge is 2.60. The summed E-state index contributed by atoms with van der Waals surface area (Å²) in [6.07, 6.45) is 4.45. The summed E-state index contributed by atoms with van der Waals surface area (Å²) < 4.78 is 33.2. The lowest BCUT2D eigenvalue weighted by molar-refractivity contribution is -0.295. The molecule has 0 bridgehead atoms. The highest BCUT2D eigenvalue weighted by atomic mass is 16.7. The van der Waals surface area contributed by atoms with Crippen molar-refractivity contribution in [2.45, 2.75) is 148 Å². The lowest BCUT2D eigenvalue weighted by atomic mass is 9.73. The van der Waals surface area contributed by atoms with Crippen LogP contribution >= 0.6 is 0 Å². The van der Waals surface area contributed by atoms with Crippen molar-refractivity contribution in [3.63, 3.8) is 0 Å². The van der Waals surface area contributed by atoms with Gasteiger partial charge in [0, 0.05) is 68.1 Å². The van der Waals surface area contributed by atoms with E-state index in [4.69, 9.17) is 23.7 Å². The Morgan fingerprint density at radius 3 is 2.36 bits per heavy atom. The average molecular weight is 812 g/mol. The molecule has 1 amide bonds. The molecule has 1 N–H and O–H groups in total. The number of aryl methyl sites for hydroxylation is 1. The fraction of sp³-hybridized carbons (Fsp3) is 0.721. The lowest BCUT2D eigenvalue weighted by Gasteiger charge is -2.47. The molecule has 3 saturated heterocycles. The maximum atomic E-state index is 14.7. The van der Waals surface area contributed by atoms with Gasteiger partial charge in [-0.3, -0.25) is 19.4 Å². The summed E-state index contributed by atoms with van der Waals surface area (Å²) in [5.74, 6) is -4.95. The molecule has 3 aliphatic heterocycles. The topological polar surface area (TPSA) is 172 Å². The number of rotatable bonds is 11. The highest BCUT2D eigenvalue weighted by molar-refractivity contribution is 6.00. The molecule has 5 heterocycles. The zero-order chi connectivity index (χ0) is 42.7. The summed E-state index contributed by atoms with van der Waals surface area (Å²) in [6, 6.07) is 2.74. The Labute approximate surface area is 343 Å². The van der Waals surface area contributed by atoms with Crippen molar-refractivity contribution in [3.8, 4) is 11.3 Å². The van der Waals surface area contributed by atoms with E-state index in [0.717, 1.165) is 11.3 Å². The largest absolute Gasteiger partial charge is 0.458 e. The first-order valence-electron chi connectivity index (χ1n) is 20.8. The number of amides is 1. The van der Waals surface area contributed by atoms with Gasteiger partial charge in [0.1, 0.15) is 23.9 Å². The van der Waals surface area contributed by atoms with Gasteiger partial charge in [-0.1, -0.05) is 27.7 Å². The molecule has 5 rings (SSSR count). The quantitative estimate of drug-likeness (QED) is 0.184. The molecule has 0 spiro atoms. The fourth-order valence-corrected chi connectivity index (χ4v) is 9.43. The number of hydrogen-bond donors (Lipinski definition) is 1. The molecule has 0 unspecified atom stereocenters. The smallest absolute Gasteiger partial charge is 0.410 e. The summed E-state index contributed by atoms with van der Waals surface area (Å²) in [5.41, 5.74) is -0.938. The van der Waals surface area contributed by atoms with Gasteiger partial charge in [-0.2, -0.15) is 0 Å². The van der Waals surface area contributed by atoms with Crippen molar-refractivity contribution < 1.29 is 48.0 Å². The third kappa shape index (κ3) is 9.33. The first-order chi connectivity index (χ1) is 27.4. The minimum atomic E-state index is -1.40. The van der Waals surface area contributed by atoms with Gasteiger partial charge in [-0.05, 0) is 86.0 Å². The first kappa shape index (κ1) is 45.3. The van der Waals surface area contributed by atoms with Crippen LogP contribution in [-0.2, 0) is 44.6 Å². The van der Waals surface area contributed by atoms with Crippen LogP contribution in [0, 0.1) is 23.7 Å². The molecule has 15 nitrogen and oxygen atoms in total. The minimum absolute atomic E-state index is 0.130. The van der Waals surface area contributed by atoms with E-state index in [1.807, 2.05) is 62.7 Å². The summed E-state index contributed by atoms with van der Waals surface area (Å²) in [4.78, 5) is 69.0.